The molecule has 0 amide bonds. The van der Waals surface area contributed by atoms with Gasteiger partial charge in [-0.15, -0.1) is 17.0 Å². The zero-order valence-electron chi connectivity index (χ0n) is 23.5. The van der Waals surface area contributed by atoms with Crippen LogP contribution in [0.1, 0.15) is 66.0 Å². The second-order valence-electron chi connectivity index (χ2n) is 10.3. The zero-order valence-corrected chi connectivity index (χ0v) is 25.3. The molecule has 210 valence electrons. The number of nitrogens with one attached hydrogen (secondary N) is 1. The van der Waals surface area contributed by atoms with E-state index in [4.69, 9.17) is 14.2 Å². The molecule has 2 aromatic carbocycles. The van der Waals surface area contributed by atoms with Crippen LogP contribution in [0.3, 0.4) is 0 Å². The Labute approximate surface area is 237 Å². The van der Waals surface area contributed by atoms with Crippen LogP contribution in [0.4, 0.5) is 0 Å². The van der Waals surface area contributed by atoms with Gasteiger partial charge in [-0.25, -0.2) is 0 Å². The van der Waals surface area contributed by atoms with Crippen molar-refractivity contribution < 1.29 is 28.6 Å². The smallest absolute Gasteiger partial charge is 0.313 e. The fraction of sp³-hybridized carbons (Fsp3) is 0.500. The highest BCUT2D eigenvalue weighted by Crippen LogP contribution is 2.30. The van der Waals surface area contributed by atoms with Crippen LogP contribution in [0.25, 0.3) is 0 Å². The van der Waals surface area contributed by atoms with Gasteiger partial charge in [0.2, 0.25) is 0 Å². The Balaban J connectivity index is 0.00000722. The lowest BCUT2D eigenvalue weighted by molar-refractivity contribution is -0.140. The SMILES string of the molecule is Br.CC(CCc1ccc(OC(=O)C(C)C)cc1)NCCc1ccc(OC(=O)C(C)C)c(OC(=O)C(C)C)c1. The summed E-state index contributed by atoms with van der Waals surface area (Å²) in [5.74, 6) is -0.658. The van der Waals surface area contributed by atoms with E-state index in [2.05, 4.69) is 12.2 Å². The van der Waals surface area contributed by atoms with E-state index in [1.165, 1.54) is 5.56 Å². The first kappa shape index (κ1) is 33.3. The van der Waals surface area contributed by atoms with Gasteiger partial charge >= 0.3 is 17.9 Å². The quantitative estimate of drug-likeness (QED) is 0.222. The minimum atomic E-state index is -0.378. The maximum absolute atomic E-state index is 12.2. The van der Waals surface area contributed by atoms with Crippen LogP contribution < -0.4 is 19.5 Å². The number of carbonyl (C=O) groups is 3. The molecule has 38 heavy (non-hydrogen) atoms. The van der Waals surface area contributed by atoms with E-state index in [9.17, 15) is 14.4 Å². The lowest BCUT2D eigenvalue weighted by Gasteiger charge is -2.16. The van der Waals surface area contributed by atoms with E-state index >= 15 is 0 Å². The van der Waals surface area contributed by atoms with E-state index in [0.29, 0.717) is 11.8 Å². The Morgan fingerprint density at radius 1 is 0.658 bits per heavy atom. The van der Waals surface area contributed by atoms with Gasteiger partial charge in [0.1, 0.15) is 5.75 Å². The fourth-order valence-electron chi connectivity index (χ4n) is 3.23. The summed E-state index contributed by atoms with van der Waals surface area (Å²) in [5, 5.41) is 3.53. The highest BCUT2D eigenvalue weighted by Gasteiger charge is 2.18. The summed E-state index contributed by atoms with van der Waals surface area (Å²) in [6.45, 7) is 13.5. The van der Waals surface area contributed by atoms with Crippen LogP contribution in [-0.2, 0) is 27.2 Å². The van der Waals surface area contributed by atoms with Crippen LogP contribution in [-0.4, -0.2) is 30.5 Å². The van der Waals surface area contributed by atoms with Gasteiger partial charge < -0.3 is 19.5 Å². The van der Waals surface area contributed by atoms with E-state index in [1.54, 1.807) is 39.8 Å². The number of hydrogen-bond donors (Lipinski definition) is 1. The third kappa shape index (κ3) is 11.4. The van der Waals surface area contributed by atoms with Gasteiger partial charge in [-0.1, -0.05) is 59.7 Å². The van der Waals surface area contributed by atoms with Gasteiger partial charge in [0, 0.05) is 6.04 Å². The molecule has 0 heterocycles. The maximum atomic E-state index is 12.2. The van der Waals surface area contributed by atoms with Crippen molar-refractivity contribution in [3.63, 3.8) is 0 Å². The molecule has 0 saturated carbocycles. The van der Waals surface area contributed by atoms with Gasteiger partial charge in [-0.2, -0.15) is 0 Å². The van der Waals surface area contributed by atoms with Gasteiger partial charge in [0.15, 0.2) is 11.5 Å². The molecule has 8 heteroatoms. The summed E-state index contributed by atoms with van der Waals surface area (Å²) in [7, 11) is 0. The van der Waals surface area contributed by atoms with Crippen molar-refractivity contribution in [2.75, 3.05) is 6.54 Å². The van der Waals surface area contributed by atoms with Crippen molar-refractivity contribution in [1.82, 2.24) is 5.32 Å². The first-order valence-corrected chi connectivity index (χ1v) is 13.1. The summed E-state index contributed by atoms with van der Waals surface area (Å²) in [6, 6.07) is 13.3. The summed E-state index contributed by atoms with van der Waals surface area (Å²) in [6.07, 6.45) is 2.58. The Bertz CT molecular complexity index is 1050. The minimum absolute atomic E-state index is 0. The molecule has 0 aliphatic carbocycles. The average Bonchev–Trinajstić information content (AvgIpc) is 2.84. The first-order valence-electron chi connectivity index (χ1n) is 13.1. The lowest BCUT2D eigenvalue weighted by Crippen LogP contribution is -2.28. The number of hydrogen-bond acceptors (Lipinski definition) is 7. The van der Waals surface area contributed by atoms with Crippen LogP contribution in [0.15, 0.2) is 42.5 Å². The average molecular weight is 593 g/mol. The third-order valence-electron chi connectivity index (χ3n) is 5.76. The Morgan fingerprint density at radius 2 is 1.16 bits per heavy atom. The molecular weight excluding hydrogens is 550 g/mol. The Morgan fingerprint density at radius 3 is 1.71 bits per heavy atom. The van der Waals surface area contributed by atoms with E-state index in [-0.39, 0.29) is 64.1 Å². The molecule has 1 N–H and O–H groups in total. The predicted molar refractivity (Wildman–Crippen MR) is 154 cm³/mol. The zero-order chi connectivity index (χ0) is 27.5. The molecule has 7 nitrogen and oxygen atoms in total. The summed E-state index contributed by atoms with van der Waals surface area (Å²) < 4.78 is 16.3. The number of rotatable bonds is 13. The molecule has 2 aromatic rings. The molecule has 1 atom stereocenters. The fourth-order valence-corrected chi connectivity index (χ4v) is 3.23. The van der Waals surface area contributed by atoms with E-state index in [0.717, 1.165) is 31.4 Å². The van der Waals surface area contributed by atoms with Crippen LogP contribution in [0.5, 0.6) is 17.2 Å². The second kappa shape index (κ2) is 16.3. The number of esters is 3. The van der Waals surface area contributed by atoms with Crippen LogP contribution in [0, 0.1) is 17.8 Å². The van der Waals surface area contributed by atoms with Crippen molar-refractivity contribution in [3.8, 4) is 17.2 Å². The van der Waals surface area contributed by atoms with Gasteiger partial charge in [0.25, 0.3) is 0 Å². The van der Waals surface area contributed by atoms with E-state index < -0.39 is 0 Å². The normalized spacial score (nSPS) is 11.7. The van der Waals surface area contributed by atoms with Gasteiger partial charge in [0.05, 0.1) is 17.8 Å². The molecule has 0 aliphatic heterocycles. The summed E-state index contributed by atoms with van der Waals surface area (Å²) in [4.78, 5) is 36.0. The molecule has 0 spiro atoms. The highest BCUT2D eigenvalue weighted by atomic mass is 79.9. The third-order valence-corrected chi connectivity index (χ3v) is 5.76. The van der Waals surface area contributed by atoms with Crippen molar-refractivity contribution >= 4 is 34.9 Å². The van der Waals surface area contributed by atoms with Crippen LogP contribution >= 0.6 is 17.0 Å². The maximum Gasteiger partial charge on any atom is 0.313 e. The second-order valence-corrected chi connectivity index (χ2v) is 10.3. The number of ether oxygens (including phenoxy) is 3. The molecule has 0 fully saturated rings. The molecule has 0 saturated heterocycles. The van der Waals surface area contributed by atoms with E-state index in [1.807, 2.05) is 44.2 Å². The summed E-state index contributed by atoms with van der Waals surface area (Å²) in [5.41, 5.74) is 2.16. The Kier molecular flexibility index (Phi) is 14.3. The minimum Gasteiger partial charge on any atom is -0.426 e. The monoisotopic (exact) mass is 591 g/mol. The van der Waals surface area contributed by atoms with Crippen molar-refractivity contribution in [3.05, 3.63) is 53.6 Å². The highest BCUT2D eigenvalue weighted by molar-refractivity contribution is 8.93. The number of halogens is 1. The molecular formula is C30H42BrNO6. The Hall–Kier alpha value is -2.71. The molecule has 0 bridgehead atoms. The molecule has 0 radical (unpaired) electrons. The van der Waals surface area contributed by atoms with Gasteiger partial charge in [-0.3, -0.25) is 14.4 Å². The standard InChI is InChI=1S/C30H41NO6.BrH/c1-19(2)28(32)35-25-13-10-23(11-14-25)9-8-22(7)31-17-16-24-12-15-26(36-29(33)20(3)4)27(18-24)37-30(34)21(5)6;/h10-15,18-22,31H,8-9,16-17H2,1-7H3;1H. The molecule has 2 rings (SSSR count). The molecule has 0 aliphatic rings. The van der Waals surface area contributed by atoms with Gasteiger partial charge in [-0.05, 0) is 68.1 Å². The largest absolute Gasteiger partial charge is 0.426 e. The number of aryl methyl sites for hydroxylation is 1. The molecule has 0 aromatic heterocycles. The van der Waals surface area contributed by atoms with Crippen molar-refractivity contribution in [1.29, 1.82) is 0 Å². The topological polar surface area (TPSA) is 90.9 Å². The molecule has 1 unspecified atom stereocenters. The lowest BCUT2D eigenvalue weighted by atomic mass is 10.1. The van der Waals surface area contributed by atoms with Crippen LogP contribution in [0.2, 0.25) is 0 Å². The summed E-state index contributed by atoms with van der Waals surface area (Å²) >= 11 is 0. The van der Waals surface area contributed by atoms with Crippen molar-refractivity contribution in [2.45, 2.75) is 73.8 Å². The number of carbonyl (C=O) groups excluding carboxylic acids is 3. The first-order chi connectivity index (χ1) is 17.5. The predicted octanol–water partition coefficient (Wildman–Crippen LogP) is 6.10. The van der Waals surface area contributed by atoms with Crippen molar-refractivity contribution in [2.24, 2.45) is 17.8 Å². The number of benzene rings is 2.